The molecule has 0 atom stereocenters. The van der Waals surface area contributed by atoms with Gasteiger partial charge in [0.15, 0.2) is 5.65 Å². The average Bonchev–Trinajstić information content (AvgIpc) is 3.46. The smallest absolute Gasteiger partial charge is 0.261 e. The molecule has 2 amide bonds. The molecule has 212 valence electrons. The highest BCUT2D eigenvalue weighted by atomic mass is 35.5. The van der Waals surface area contributed by atoms with Crippen molar-refractivity contribution in [2.45, 2.75) is 19.5 Å². The van der Waals surface area contributed by atoms with Crippen molar-refractivity contribution in [2.24, 2.45) is 0 Å². The molecule has 11 heteroatoms. The molecule has 1 aliphatic heterocycles. The first-order valence-corrected chi connectivity index (χ1v) is 14.0. The van der Waals surface area contributed by atoms with Crippen molar-refractivity contribution < 1.29 is 14.3 Å². The van der Waals surface area contributed by atoms with Crippen molar-refractivity contribution in [3.05, 3.63) is 127 Å². The maximum Gasteiger partial charge on any atom is 0.261 e. The standard InChI is InChI=1S/C31H25Cl2N5O4/c1-42-22-10-8-21(9-11-22)37-29-24(28(39)34-16-19-5-3-2-4-6-19)17-35-38(29)27-18-36(14-13-23(27)31(37)41)30(40)20-7-12-25(32)26(33)15-20/h2-12,15,17H,13-14,16,18H2,1H3,(H,34,39). The molecular weight excluding hydrogens is 577 g/mol. The number of amides is 2. The number of benzene rings is 3. The van der Waals surface area contributed by atoms with Gasteiger partial charge in [0.25, 0.3) is 17.4 Å². The van der Waals surface area contributed by atoms with Gasteiger partial charge in [-0.05, 0) is 54.4 Å². The summed E-state index contributed by atoms with van der Waals surface area (Å²) in [7, 11) is 1.56. The summed E-state index contributed by atoms with van der Waals surface area (Å²) >= 11 is 12.2. The number of nitrogens with zero attached hydrogens (tertiary/aromatic N) is 4. The molecule has 0 spiro atoms. The largest absolute Gasteiger partial charge is 0.497 e. The Kier molecular flexibility index (Phi) is 7.45. The van der Waals surface area contributed by atoms with E-state index in [2.05, 4.69) is 10.4 Å². The molecule has 1 aliphatic rings. The highest BCUT2D eigenvalue weighted by Crippen LogP contribution is 2.27. The van der Waals surface area contributed by atoms with Crippen LogP contribution in [-0.4, -0.2) is 44.6 Å². The van der Waals surface area contributed by atoms with Gasteiger partial charge in [-0.25, -0.2) is 4.52 Å². The van der Waals surface area contributed by atoms with Crippen LogP contribution in [0.5, 0.6) is 5.75 Å². The second-order valence-electron chi connectivity index (χ2n) is 9.83. The summed E-state index contributed by atoms with van der Waals surface area (Å²) in [5.74, 6) is 0.00117. The van der Waals surface area contributed by atoms with Crippen LogP contribution in [0.25, 0.3) is 11.3 Å². The highest BCUT2D eigenvalue weighted by Gasteiger charge is 2.30. The fourth-order valence-electron chi connectivity index (χ4n) is 5.15. The summed E-state index contributed by atoms with van der Waals surface area (Å²) in [4.78, 5) is 42.6. The van der Waals surface area contributed by atoms with E-state index in [9.17, 15) is 14.4 Å². The van der Waals surface area contributed by atoms with Crippen molar-refractivity contribution in [3.8, 4) is 11.4 Å². The van der Waals surface area contributed by atoms with Crippen molar-refractivity contribution >= 4 is 40.7 Å². The normalized spacial score (nSPS) is 12.7. The third-order valence-corrected chi connectivity index (χ3v) is 8.06. The number of nitrogens with one attached hydrogen (secondary N) is 1. The number of fused-ring (bicyclic) bond motifs is 3. The number of aromatic nitrogens is 3. The number of methoxy groups -OCH3 is 1. The van der Waals surface area contributed by atoms with Crippen LogP contribution >= 0.6 is 23.2 Å². The molecule has 0 saturated carbocycles. The molecule has 0 aliphatic carbocycles. The zero-order chi connectivity index (χ0) is 29.4. The van der Waals surface area contributed by atoms with E-state index in [1.165, 1.54) is 16.8 Å². The van der Waals surface area contributed by atoms with Crippen molar-refractivity contribution in [1.82, 2.24) is 24.4 Å². The van der Waals surface area contributed by atoms with Gasteiger partial charge in [-0.2, -0.15) is 5.10 Å². The monoisotopic (exact) mass is 601 g/mol. The number of hydrogen-bond donors (Lipinski definition) is 1. The van der Waals surface area contributed by atoms with Gasteiger partial charge in [0.1, 0.15) is 11.3 Å². The number of ether oxygens (including phenoxy) is 1. The summed E-state index contributed by atoms with van der Waals surface area (Å²) in [6.07, 6.45) is 1.76. The van der Waals surface area contributed by atoms with Gasteiger partial charge in [-0.15, -0.1) is 0 Å². The number of rotatable bonds is 6. The zero-order valence-electron chi connectivity index (χ0n) is 22.5. The van der Waals surface area contributed by atoms with E-state index in [-0.39, 0.29) is 34.5 Å². The van der Waals surface area contributed by atoms with Gasteiger partial charge in [0.2, 0.25) is 0 Å². The number of carbonyl (C=O) groups is 2. The summed E-state index contributed by atoms with van der Waals surface area (Å²) in [5.41, 5.74) is 3.20. The quantitative estimate of drug-likeness (QED) is 0.298. The van der Waals surface area contributed by atoms with Crippen LogP contribution in [0.2, 0.25) is 10.0 Å². The second-order valence-corrected chi connectivity index (χ2v) is 10.6. The maximum atomic E-state index is 14.1. The van der Waals surface area contributed by atoms with Crippen LogP contribution in [0.4, 0.5) is 0 Å². The molecule has 5 aromatic rings. The van der Waals surface area contributed by atoms with Gasteiger partial charge in [0, 0.05) is 24.2 Å². The van der Waals surface area contributed by atoms with E-state index in [4.69, 9.17) is 27.9 Å². The minimum Gasteiger partial charge on any atom is -0.497 e. The Hall–Kier alpha value is -4.60. The zero-order valence-corrected chi connectivity index (χ0v) is 24.0. The van der Waals surface area contributed by atoms with Crippen LogP contribution < -0.4 is 15.6 Å². The Balaban J connectivity index is 1.44. The maximum absolute atomic E-state index is 14.1. The average molecular weight is 602 g/mol. The van der Waals surface area contributed by atoms with Crippen LogP contribution in [0.1, 0.15) is 37.5 Å². The predicted octanol–water partition coefficient (Wildman–Crippen LogP) is 4.93. The molecule has 3 heterocycles. The van der Waals surface area contributed by atoms with Crippen molar-refractivity contribution in [1.29, 1.82) is 0 Å². The molecule has 3 aromatic carbocycles. The molecular formula is C31H25Cl2N5O4. The highest BCUT2D eigenvalue weighted by molar-refractivity contribution is 6.42. The van der Waals surface area contributed by atoms with E-state index in [1.54, 1.807) is 52.9 Å². The first-order chi connectivity index (χ1) is 20.4. The van der Waals surface area contributed by atoms with E-state index in [0.29, 0.717) is 58.4 Å². The summed E-state index contributed by atoms with van der Waals surface area (Å²) in [6.45, 7) is 0.748. The minimum absolute atomic E-state index is 0.121. The van der Waals surface area contributed by atoms with E-state index in [1.807, 2.05) is 30.3 Å². The number of hydrogen-bond acceptors (Lipinski definition) is 5. The SMILES string of the molecule is COc1ccc(-n2c(=O)c3c(n4ncc(C(=O)NCc5ccccc5)c24)CN(C(=O)c2ccc(Cl)c(Cl)c2)CC3)cc1. The second kappa shape index (κ2) is 11.3. The van der Waals surface area contributed by atoms with Gasteiger partial charge in [-0.1, -0.05) is 53.5 Å². The molecule has 0 radical (unpaired) electrons. The summed E-state index contributed by atoms with van der Waals surface area (Å²) in [6, 6.07) is 21.3. The molecule has 0 fully saturated rings. The molecule has 42 heavy (non-hydrogen) atoms. The topological polar surface area (TPSA) is 97.9 Å². The third-order valence-electron chi connectivity index (χ3n) is 7.32. The van der Waals surface area contributed by atoms with E-state index >= 15 is 0 Å². The fourth-order valence-corrected chi connectivity index (χ4v) is 5.44. The summed E-state index contributed by atoms with van der Waals surface area (Å²) in [5, 5.41) is 8.12. The molecule has 0 unspecified atom stereocenters. The lowest BCUT2D eigenvalue weighted by Crippen LogP contribution is -2.41. The molecule has 0 saturated heterocycles. The van der Waals surface area contributed by atoms with Crippen molar-refractivity contribution in [2.75, 3.05) is 13.7 Å². The predicted molar refractivity (Wildman–Crippen MR) is 160 cm³/mol. The Morgan fingerprint density at radius 1 is 1.00 bits per heavy atom. The van der Waals surface area contributed by atoms with E-state index < -0.39 is 0 Å². The first kappa shape index (κ1) is 27.6. The molecule has 9 nitrogen and oxygen atoms in total. The molecule has 1 N–H and O–H groups in total. The lowest BCUT2D eigenvalue weighted by molar-refractivity contribution is 0.0729. The lowest BCUT2D eigenvalue weighted by atomic mass is 10.0. The van der Waals surface area contributed by atoms with Crippen LogP contribution in [0.3, 0.4) is 0 Å². The lowest BCUT2D eigenvalue weighted by Gasteiger charge is -2.29. The van der Waals surface area contributed by atoms with Crippen molar-refractivity contribution in [3.63, 3.8) is 0 Å². The number of halogens is 2. The first-order valence-electron chi connectivity index (χ1n) is 13.2. The van der Waals surface area contributed by atoms with Gasteiger partial charge < -0.3 is 15.0 Å². The Morgan fingerprint density at radius 3 is 2.48 bits per heavy atom. The molecule has 0 bridgehead atoms. The Labute approximate surface area is 250 Å². The van der Waals surface area contributed by atoms with E-state index in [0.717, 1.165) is 5.56 Å². The van der Waals surface area contributed by atoms with Gasteiger partial charge >= 0.3 is 0 Å². The van der Waals surface area contributed by atoms with Crippen LogP contribution in [0, 0.1) is 0 Å². The molecule has 2 aromatic heterocycles. The molecule has 6 rings (SSSR count). The number of carbonyl (C=O) groups excluding carboxylic acids is 2. The van der Waals surface area contributed by atoms with Crippen LogP contribution in [-0.2, 0) is 19.5 Å². The minimum atomic E-state index is -0.380. The van der Waals surface area contributed by atoms with Crippen LogP contribution in [0.15, 0.2) is 83.8 Å². The Bertz CT molecular complexity index is 1880. The third kappa shape index (κ3) is 5.01. The fraction of sp³-hybridized carbons (Fsp3) is 0.161. The summed E-state index contributed by atoms with van der Waals surface area (Å²) < 4.78 is 8.39. The Morgan fingerprint density at radius 2 is 1.76 bits per heavy atom. The van der Waals surface area contributed by atoms with Gasteiger partial charge in [0.05, 0.1) is 41.3 Å². The van der Waals surface area contributed by atoms with Gasteiger partial charge in [-0.3, -0.25) is 19.0 Å².